The molecule has 0 spiro atoms. The molecule has 1 heterocycles. The Bertz CT molecular complexity index is 478. The molecular weight excluding hydrogens is 214 g/mol. The minimum Gasteiger partial charge on any atom is -0.508 e. The molecule has 4 heteroatoms. The first kappa shape index (κ1) is 11.9. The zero-order valence-corrected chi connectivity index (χ0v) is 10.2. The molecule has 0 radical (unpaired) electrons. The smallest absolute Gasteiger partial charge is 0.117 e. The third-order valence-corrected chi connectivity index (χ3v) is 2.76. The van der Waals surface area contributed by atoms with Gasteiger partial charge in [-0.05, 0) is 25.1 Å². The predicted octanol–water partition coefficient (Wildman–Crippen LogP) is 2.20. The molecule has 0 unspecified atom stereocenters. The Morgan fingerprint density at radius 1 is 1.35 bits per heavy atom. The lowest BCUT2D eigenvalue weighted by molar-refractivity contribution is 0.476. The van der Waals surface area contributed by atoms with Crippen LogP contribution in [0.1, 0.15) is 25.6 Å². The number of nitrogens with zero attached hydrogens (tertiary/aromatic N) is 1. The van der Waals surface area contributed by atoms with Crippen molar-refractivity contribution in [2.75, 3.05) is 13.1 Å². The van der Waals surface area contributed by atoms with Gasteiger partial charge in [0, 0.05) is 19.0 Å². The molecule has 1 aromatic carbocycles. The molecule has 0 saturated heterocycles. The third-order valence-electron chi connectivity index (χ3n) is 2.76. The predicted molar refractivity (Wildman–Crippen MR) is 69.2 cm³/mol. The van der Waals surface area contributed by atoms with Gasteiger partial charge in [0.2, 0.25) is 0 Å². The van der Waals surface area contributed by atoms with Gasteiger partial charge < -0.3 is 15.4 Å². The molecule has 0 saturated carbocycles. The van der Waals surface area contributed by atoms with Gasteiger partial charge in [-0.1, -0.05) is 13.3 Å². The molecule has 4 nitrogen and oxygen atoms in total. The molecule has 2 rings (SSSR count). The summed E-state index contributed by atoms with van der Waals surface area (Å²) in [6, 6.07) is 5.19. The van der Waals surface area contributed by atoms with Crippen molar-refractivity contribution in [2.24, 2.45) is 0 Å². The van der Waals surface area contributed by atoms with Crippen LogP contribution in [0.4, 0.5) is 0 Å². The van der Waals surface area contributed by atoms with Crippen LogP contribution in [-0.4, -0.2) is 28.2 Å². The number of unbranched alkanes of at least 4 members (excludes halogenated alkanes) is 1. The van der Waals surface area contributed by atoms with Crippen molar-refractivity contribution >= 4 is 11.0 Å². The summed E-state index contributed by atoms with van der Waals surface area (Å²) in [5, 5.41) is 12.7. The largest absolute Gasteiger partial charge is 0.508 e. The molecule has 1 aromatic heterocycles. The summed E-state index contributed by atoms with van der Waals surface area (Å²) in [6.07, 6.45) is 3.32. The van der Waals surface area contributed by atoms with Crippen LogP contribution in [0.2, 0.25) is 0 Å². The molecular formula is C13H19N3O. The Balaban J connectivity index is 1.91. The van der Waals surface area contributed by atoms with Crippen molar-refractivity contribution in [3.05, 3.63) is 24.0 Å². The average molecular weight is 233 g/mol. The highest BCUT2D eigenvalue weighted by atomic mass is 16.3. The number of H-pyrrole nitrogens is 1. The fourth-order valence-electron chi connectivity index (χ4n) is 1.80. The van der Waals surface area contributed by atoms with E-state index >= 15 is 0 Å². The van der Waals surface area contributed by atoms with Crippen LogP contribution < -0.4 is 5.32 Å². The first-order valence-electron chi connectivity index (χ1n) is 6.18. The number of rotatable bonds is 6. The maximum Gasteiger partial charge on any atom is 0.117 e. The molecule has 2 aromatic rings. The minimum atomic E-state index is 0.272. The number of hydrogen-bond acceptors (Lipinski definition) is 3. The molecule has 0 fully saturated rings. The van der Waals surface area contributed by atoms with Crippen LogP contribution in [0.25, 0.3) is 11.0 Å². The van der Waals surface area contributed by atoms with Gasteiger partial charge in [0.1, 0.15) is 11.6 Å². The van der Waals surface area contributed by atoms with Crippen molar-refractivity contribution in [1.29, 1.82) is 0 Å². The van der Waals surface area contributed by atoms with Crippen molar-refractivity contribution < 1.29 is 5.11 Å². The molecule has 92 valence electrons. The fourth-order valence-corrected chi connectivity index (χ4v) is 1.80. The van der Waals surface area contributed by atoms with Crippen LogP contribution in [0, 0.1) is 0 Å². The summed E-state index contributed by atoms with van der Waals surface area (Å²) in [5.74, 6) is 1.24. The number of aromatic hydroxyl groups is 1. The lowest BCUT2D eigenvalue weighted by Gasteiger charge is -2.00. The van der Waals surface area contributed by atoms with E-state index in [0.29, 0.717) is 0 Å². The minimum absolute atomic E-state index is 0.272. The van der Waals surface area contributed by atoms with E-state index in [2.05, 4.69) is 22.2 Å². The molecule has 0 atom stereocenters. The second-order valence-corrected chi connectivity index (χ2v) is 4.24. The molecule has 0 aliphatic rings. The molecule has 3 N–H and O–H groups in total. The Hall–Kier alpha value is -1.55. The SMILES string of the molecule is CCCCNCCc1nc2ccc(O)cc2[nH]1. The topological polar surface area (TPSA) is 60.9 Å². The number of aromatic nitrogens is 2. The maximum atomic E-state index is 9.35. The summed E-state index contributed by atoms with van der Waals surface area (Å²) in [5.41, 5.74) is 1.81. The van der Waals surface area contributed by atoms with Gasteiger partial charge in [-0.15, -0.1) is 0 Å². The van der Waals surface area contributed by atoms with E-state index in [1.807, 2.05) is 6.07 Å². The lowest BCUT2D eigenvalue weighted by Crippen LogP contribution is -2.18. The summed E-state index contributed by atoms with van der Waals surface area (Å²) in [6.45, 7) is 4.19. The van der Waals surface area contributed by atoms with Gasteiger partial charge in [0.25, 0.3) is 0 Å². The van der Waals surface area contributed by atoms with E-state index in [-0.39, 0.29) is 5.75 Å². The Morgan fingerprint density at radius 3 is 3.06 bits per heavy atom. The number of aromatic amines is 1. The van der Waals surface area contributed by atoms with E-state index in [0.717, 1.165) is 36.4 Å². The number of nitrogens with one attached hydrogen (secondary N) is 2. The Labute approximate surface area is 101 Å². The summed E-state index contributed by atoms with van der Waals surface area (Å²) in [7, 11) is 0. The van der Waals surface area contributed by atoms with E-state index in [9.17, 15) is 5.11 Å². The standard InChI is InChI=1S/C13H19N3O/c1-2-3-7-14-8-6-13-15-11-5-4-10(17)9-12(11)16-13/h4-5,9,14,17H,2-3,6-8H2,1H3,(H,15,16). The van der Waals surface area contributed by atoms with E-state index < -0.39 is 0 Å². The van der Waals surface area contributed by atoms with Crippen LogP contribution in [0.3, 0.4) is 0 Å². The average Bonchev–Trinajstić information content (AvgIpc) is 2.70. The third kappa shape index (κ3) is 3.20. The Morgan fingerprint density at radius 2 is 2.24 bits per heavy atom. The molecule has 17 heavy (non-hydrogen) atoms. The van der Waals surface area contributed by atoms with Crippen molar-refractivity contribution in [2.45, 2.75) is 26.2 Å². The lowest BCUT2D eigenvalue weighted by atomic mass is 10.3. The quantitative estimate of drug-likeness (QED) is 0.670. The number of imidazole rings is 1. The van der Waals surface area contributed by atoms with Crippen LogP contribution >= 0.6 is 0 Å². The van der Waals surface area contributed by atoms with E-state index in [1.54, 1.807) is 12.1 Å². The second-order valence-electron chi connectivity index (χ2n) is 4.24. The summed E-state index contributed by atoms with van der Waals surface area (Å²) in [4.78, 5) is 7.68. The second kappa shape index (κ2) is 5.68. The van der Waals surface area contributed by atoms with Gasteiger partial charge in [0.15, 0.2) is 0 Å². The molecule has 0 aliphatic heterocycles. The van der Waals surface area contributed by atoms with E-state index in [1.165, 1.54) is 12.8 Å². The van der Waals surface area contributed by atoms with Crippen LogP contribution in [-0.2, 0) is 6.42 Å². The highest BCUT2D eigenvalue weighted by Gasteiger charge is 2.02. The number of phenols is 1. The maximum absolute atomic E-state index is 9.35. The van der Waals surface area contributed by atoms with Gasteiger partial charge in [-0.2, -0.15) is 0 Å². The van der Waals surface area contributed by atoms with Gasteiger partial charge in [0.05, 0.1) is 11.0 Å². The number of phenolic OH excluding ortho intramolecular Hbond substituents is 1. The zero-order valence-electron chi connectivity index (χ0n) is 10.2. The van der Waals surface area contributed by atoms with Crippen molar-refractivity contribution in [3.8, 4) is 5.75 Å². The Kier molecular flexibility index (Phi) is 3.98. The monoisotopic (exact) mass is 233 g/mol. The van der Waals surface area contributed by atoms with Gasteiger partial charge >= 0.3 is 0 Å². The molecule has 0 bridgehead atoms. The highest BCUT2D eigenvalue weighted by molar-refractivity contribution is 5.76. The number of benzene rings is 1. The van der Waals surface area contributed by atoms with Crippen molar-refractivity contribution in [3.63, 3.8) is 0 Å². The molecule has 0 aliphatic carbocycles. The highest BCUT2D eigenvalue weighted by Crippen LogP contribution is 2.17. The summed E-state index contributed by atoms with van der Waals surface area (Å²) < 4.78 is 0. The normalized spacial score (nSPS) is 11.1. The number of fused-ring (bicyclic) bond motifs is 1. The fraction of sp³-hybridized carbons (Fsp3) is 0.462. The van der Waals surface area contributed by atoms with Crippen LogP contribution in [0.5, 0.6) is 5.75 Å². The summed E-state index contributed by atoms with van der Waals surface area (Å²) >= 11 is 0. The number of hydrogen-bond donors (Lipinski definition) is 3. The van der Waals surface area contributed by atoms with Crippen LogP contribution in [0.15, 0.2) is 18.2 Å². The molecule has 0 amide bonds. The zero-order chi connectivity index (χ0) is 12.1. The van der Waals surface area contributed by atoms with E-state index in [4.69, 9.17) is 0 Å². The first-order valence-corrected chi connectivity index (χ1v) is 6.18. The van der Waals surface area contributed by atoms with Crippen molar-refractivity contribution in [1.82, 2.24) is 15.3 Å². The van der Waals surface area contributed by atoms with Gasteiger partial charge in [-0.25, -0.2) is 4.98 Å². The van der Waals surface area contributed by atoms with Gasteiger partial charge in [-0.3, -0.25) is 0 Å². The first-order chi connectivity index (χ1) is 8.29.